The molecule has 3 heteroatoms. The summed E-state index contributed by atoms with van der Waals surface area (Å²) in [4.78, 5) is 18.3. The smallest absolute Gasteiger partial charge is 0.150 e. The van der Waals surface area contributed by atoms with Gasteiger partial charge in [0.15, 0.2) is 0 Å². The first-order valence-corrected chi connectivity index (χ1v) is 8.63. The number of Topliss-reactive ketones (excluding diaryl/α,β-unsaturated/α-hetero) is 1. The Morgan fingerprint density at radius 3 is 2.05 bits per heavy atom. The Morgan fingerprint density at radius 1 is 1.05 bits per heavy atom. The number of benzene rings is 1. The van der Waals surface area contributed by atoms with Gasteiger partial charge in [-0.2, -0.15) is 0 Å². The standard InChI is InChI=1S/C19H26N2O/c1-4-18-10-20-12-19(5-2,17(18)22)13-21(11-18)16(20)15-8-6-7-14(3)9-15/h6-9,16H,4-5,10-13H2,1-3H3. The molecule has 0 saturated carbocycles. The zero-order valence-corrected chi connectivity index (χ0v) is 13.9. The van der Waals surface area contributed by atoms with Crippen LogP contribution in [0.15, 0.2) is 24.3 Å². The fraction of sp³-hybridized carbons (Fsp3) is 0.632. The summed E-state index contributed by atoms with van der Waals surface area (Å²) in [6.45, 7) is 10.3. The minimum Gasteiger partial charge on any atom is -0.298 e. The van der Waals surface area contributed by atoms with Crippen LogP contribution in [0.25, 0.3) is 0 Å². The zero-order valence-electron chi connectivity index (χ0n) is 13.9. The Kier molecular flexibility index (Phi) is 3.05. The molecule has 0 N–H and O–H groups in total. The summed E-state index contributed by atoms with van der Waals surface area (Å²) in [6, 6.07) is 8.88. The molecule has 0 unspecified atom stereocenters. The molecule has 0 aliphatic carbocycles. The molecule has 4 aliphatic heterocycles. The first-order valence-electron chi connectivity index (χ1n) is 8.63. The normalized spacial score (nSPS) is 42.9. The molecule has 0 atom stereocenters. The van der Waals surface area contributed by atoms with Crippen molar-refractivity contribution in [1.29, 1.82) is 0 Å². The van der Waals surface area contributed by atoms with Gasteiger partial charge in [0.05, 0.1) is 17.0 Å². The SMILES string of the molecule is CCC12CN3CC(CC)(CN(C1)C3c1cccc(C)c1)C2=O. The summed E-state index contributed by atoms with van der Waals surface area (Å²) in [6.07, 6.45) is 2.31. The van der Waals surface area contributed by atoms with E-state index in [2.05, 4.69) is 54.8 Å². The van der Waals surface area contributed by atoms with Crippen LogP contribution < -0.4 is 0 Å². The summed E-state index contributed by atoms with van der Waals surface area (Å²) < 4.78 is 0. The van der Waals surface area contributed by atoms with E-state index in [0.29, 0.717) is 11.9 Å². The molecule has 1 aromatic rings. The maximum Gasteiger partial charge on any atom is 0.150 e. The molecular weight excluding hydrogens is 272 g/mol. The first kappa shape index (κ1) is 14.4. The van der Waals surface area contributed by atoms with Crippen molar-refractivity contribution >= 4 is 5.78 Å². The molecular formula is C19H26N2O. The molecule has 0 radical (unpaired) electrons. The van der Waals surface area contributed by atoms with Gasteiger partial charge >= 0.3 is 0 Å². The van der Waals surface area contributed by atoms with Crippen molar-refractivity contribution in [2.24, 2.45) is 10.8 Å². The van der Waals surface area contributed by atoms with Crippen molar-refractivity contribution in [1.82, 2.24) is 9.80 Å². The molecule has 4 heterocycles. The highest BCUT2D eigenvalue weighted by atomic mass is 16.1. The van der Waals surface area contributed by atoms with Crippen LogP contribution in [0, 0.1) is 17.8 Å². The first-order chi connectivity index (χ1) is 10.5. The Hall–Kier alpha value is -1.19. The van der Waals surface area contributed by atoms with Gasteiger partial charge in [-0.25, -0.2) is 0 Å². The van der Waals surface area contributed by atoms with Crippen LogP contribution in [-0.4, -0.2) is 41.8 Å². The number of carbonyl (C=O) groups excluding carboxylic acids is 1. The molecule has 3 nitrogen and oxygen atoms in total. The lowest BCUT2D eigenvalue weighted by Crippen LogP contribution is -2.76. The van der Waals surface area contributed by atoms with E-state index in [4.69, 9.17) is 0 Å². The zero-order chi connectivity index (χ0) is 15.5. The van der Waals surface area contributed by atoms with Crippen LogP contribution in [-0.2, 0) is 4.79 Å². The summed E-state index contributed by atoms with van der Waals surface area (Å²) in [5.74, 6) is 0.556. The van der Waals surface area contributed by atoms with Gasteiger partial charge in [-0.05, 0) is 25.3 Å². The quantitative estimate of drug-likeness (QED) is 0.857. The number of piperidine rings is 2. The van der Waals surface area contributed by atoms with Gasteiger partial charge in [0, 0.05) is 26.2 Å². The molecule has 118 valence electrons. The Balaban J connectivity index is 1.76. The summed E-state index contributed by atoms with van der Waals surface area (Å²) in [7, 11) is 0. The Bertz CT molecular complexity index is 582. The molecule has 5 rings (SSSR count). The summed E-state index contributed by atoms with van der Waals surface area (Å²) in [5.41, 5.74) is 2.48. The van der Waals surface area contributed by atoms with Crippen molar-refractivity contribution in [2.45, 2.75) is 39.8 Å². The van der Waals surface area contributed by atoms with Crippen LogP contribution in [0.4, 0.5) is 0 Å². The van der Waals surface area contributed by atoms with Gasteiger partial charge in [-0.1, -0.05) is 43.7 Å². The van der Waals surface area contributed by atoms with Crippen molar-refractivity contribution in [3.05, 3.63) is 35.4 Å². The van der Waals surface area contributed by atoms with E-state index in [9.17, 15) is 4.79 Å². The molecule has 0 spiro atoms. The Morgan fingerprint density at radius 2 is 1.59 bits per heavy atom. The highest BCUT2D eigenvalue weighted by Crippen LogP contribution is 2.54. The van der Waals surface area contributed by atoms with E-state index in [1.165, 1.54) is 11.1 Å². The predicted octanol–water partition coefficient (Wildman–Crippen LogP) is 3.00. The number of nitrogens with zero attached hydrogens (tertiary/aromatic N) is 2. The van der Waals surface area contributed by atoms with Crippen LogP contribution in [0.3, 0.4) is 0 Å². The third-order valence-electron chi connectivity index (χ3n) is 6.37. The molecule has 4 aliphatic rings. The minimum absolute atomic E-state index is 0.118. The monoisotopic (exact) mass is 298 g/mol. The van der Waals surface area contributed by atoms with E-state index in [0.717, 1.165) is 39.0 Å². The second-order valence-electron chi connectivity index (χ2n) is 7.69. The topological polar surface area (TPSA) is 23.6 Å². The Labute approximate surface area is 133 Å². The lowest BCUT2D eigenvalue weighted by molar-refractivity contribution is -0.204. The highest BCUT2D eigenvalue weighted by Gasteiger charge is 2.64. The molecule has 22 heavy (non-hydrogen) atoms. The molecule has 4 fully saturated rings. The van der Waals surface area contributed by atoms with E-state index in [-0.39, 0.29) is 10.8 Å². The van der Waals surface area contributed by atoms with Gasteiger partial charge < -0.3 is 0 Å². The molecule has 0 aromatic heterocycles. The number of rotatable bonds is 3. The number of hydrogen-bond acceptors (Lipinski definition) is 3. The van der Waals surface area contributed by atoms with Gasteiger partial charge in [-0.15, -0.1) is 0 Å². The third kappa shape index (κ3) is 1.73. The van der Waals surface area contributed by atoms with Crippen LogP contribution >= 0.6 is 0 Å². The fourth-order valence-electron chi connectivity index (χ4n) is 5.21. The van der Waals surface area contributed by atoms with Crippen molar-refractivity contribution < 1.29 is 4.79 Å². The molecule has 0 amide bonds. The third-order valence-corrected chi connectivity index (χ3v) is 6.37. The second kappa shape index (κ2) is 4.65. The van der Waals surface area contributed by atoms with E-state index >= 15 is 0 Å². The average Bonchev–Trinajstić information content (AvgIpc) is 2.51. The molecule has 4 saturated heterocycles. The minimum atomic E-state index is -0.118. The second-order valence-corrected chi connectivity index (χ2v) is 7.69. The predicted molar refractivity (Wildman–Crippen MR) is 87.5 cm³/mol. The van der Waals surface area contributed by atoms with Crippen molar-refractivity contribution in [3.63, 3.8) is 0 Å². The lowest BCUT2D eigenvalue weighted by Gasteiger charge is -2.66. The average molecular weight is 298 g/mol. The fourth-order valence-corrected chi connectivity index (χ4v) is 5.21. The maximum absolute atomic E-state index is 13.1. The lowest BCUT2D eigenvalue weighted by atomic mass is 9.58. The van der Waals surface area contributed by atoms with E-state index in [1.807, 2.05) is 0 Å². The maximum atomic E-state index is 13.1. The number of carbonyl (C=O) groups is 1. The number of ketones is 1. The van der Waals surface area contributed by atoms with Crippen LogP contribution in [0.2, 0.25) is 0 Å². The highest BCUT2D eigenvalue weighted by molar-refractivity contribution is 5.93. The van der Waals surface area contributed by atoms with Crippen molar-refractivity contribution in [2.75, 3.05) is 26.2 Å². The number of aryl methyl sites for hydroxylation is 1. The van der Waals surface area contributed by atoms with Gasteiger partial charge in [-0.3, -0.25) is 14.6 Å². The summed E-state index contributed by atoms with van der Waals surface area (Å²) in [5, 5.41) is 0. The van der Waals surface area contributed by atoms with Crippen LogP contribution in [0.5, 0.6) is 0 Å². The number of hydrogen-bond donors (Lipinski definition) is 0. The van der Waals surface area contributed by atoms with Crippen molar-refractivity contribution in [3.8, 4) is 0 Å². The van der Waals surface area contributed by atoms with Gasteiger partial charge in [0.25, 0.3) is 0 Å². The van der Waals surface area contributed by atoms with Gasteiger partial charge in [0.1, 0.15) is 5.78 Å². The molecule has 1 aromatic carbocycles. The largest absolute Gasteiger partial charge is 0.298 e. The van der Waals surface area contributed by atoms with Gasteiger partial charge in [0.2, 0.25) is 0 Å². The van der Waals surface area contributed by atoms with E-state index in [1.54, 1.807) is 0 Å². The summed E-state index contributed by atoms with van der Waals surface area (Å²) >= 11 is 0. The van der Waals surface area contributed by atoms with Crippen LogP contribution in [0.1, 0.15) is 44.0 Å². The molecule has 4 bridgehead atoms. The van der Waals surface area contributed by atoms with E-state index < -0.39 is 0 Å².